The standard InChI is InChI=1S/C23H29NO6S/c1-4-24(5-2)31(27,28)21-14-7-18(8-15-21)9-16-23(26)30-17-22(25)19-10-12-20(13-11-19)29-6-3/h7-8,10-15H,4-6,9,16-17H2,1-3H3. The molecule has 0 aliphatic heterocycles. The van der Waals surface area contributed by atoms with Crippen molar-refractivity contribution in [1.29, 1.82) is 0 Å². The Bertz CT molecular complexity index is 964. The molecule has 2 rings (SSSR count). The van der Waals surface area contributed by atoms with Gasteiger partial charge in [-0.15, -0.1) is 0 Å². The Balaban J connectivity index is 1.84. The summed E-state index contributed by atoms with van der Waals surface area (Å²) in [5, 5.41) is 0. The zero-order valence-corrected chi connectivity index (χ0v) is 19.0. The molecule has 7 nitrogen and oxygen atoms in total. The van der Waals surface area contributed by atoms with Crippen molar-refractivity contribution < 1.29 is 27.5 Å². The predicted molar refractivity (Wildman–Crippen MR) is 118 cm³/mol. The van der Waals surface area contributed by atoms with Gasteiger partial charge >= 0.3 is 5.97 Å². The highest BCUT2D eigenvalue weighted by atomic mass is 32.2. The van der Waals surface area contributed by atoms with Crippen LogP contribution in [0.5, 0.6) is 5.75 Å². The fraction of sp³-hybridized carbons (Fsp3) is 0.391. The largest absolute Gasteiger partial charge is 0.494 e. The number of hydrogen-bond donors (Lipinski definition) is 0. The van der Waals surface area contributed by atoms with Crippen molar-refractivity contribution in [2.75, 3.05) is 26.3 Å². The molecule has 0 aliphatic carbocycles. The number of esters is 1. The van der Waals surface area contributed by atoms with Gasteiger partial charge in [0.25, 0.3) is 0 Å². The highest BCUT2D eigenvalue weighted by Crippen LogP contribution is 2.17. The molecule has 0 unspecified atom stereocenters. The van der Waals surface area contributed by atoms with Gasteiger partial charge in [0, 0.05) is 25.1 Å². The summed E-state index contributed by atoms with van der Waals surface area (Å²) in [5.41, 5.74) is 1.26. The van der Waals surface area contributed by atoms with E-state index in [0.717, 1.165) is 5.56 Å². The molecular formula is C23H29NO6S. The van der Waals surface area contributed by atoms with Gasteiger partial charge in [-0.25, -0.2) is 8.42 Å². The van der Waals surface area contributed by atoms with Crippen LogP contribution in [0.15, 0.2) is 53.4 Å². The number of aryl methyl sites for hydroxylation is 1. The van der Waals surface area contributed by atoms with Gasteiger partial charge in [-0.05, 0) is 55.3 Å². The van der Waals surface area contributed by atoms with Crippen LogP contribution in [0.4, 0.5) is 0 Å². The van der Waals surface area contributed by atoms with Gasteiger partial charge in [-0.2, -0.15) is 4.31 Å². The highest BCUT2D eigenvalue weighted by molar-refractivity contribution is 7.89. The Hall–Kier alpha value is -2.71. The van der Waals surface area contributed by atoms with E-state index in [-0.39, 0.29) is 23.7 Å². The lowest BCUT2D eigenvalue weighted by atomic mass is 10.1. The van der Waals surface area contributed by atoms with E-state index in [1.165, 1.54) is 4.31 Å². The van der Waals surface area contributed by atoms with Crippen LogP contribution in [0.2, 0.25) is 0 Å². The van der Waals surface area contributed by atoms with Gasteiger partial charge in [0.05, 0.1) is 11.5 Å². The van der Waals surface area contributed by atoms with E-state index >= 15 is 0 Å². The smallest absolute Gasteiger partial charge is 0.306 e. The van der Waals surface area contributed by atoms with Gasteiger partial charge in [0.2, 0.25) is 10.0 Å². The van der Waals surface area contributed by atoms with Crippen LogP contribution in [0, 0.1) is 0 Å². The lowest BCUT2D eigenvalue weighted by Gasteiger charge is -2.18. The van der Waals surface area contributed by atoms with Crippen molar-refractivity contribution in [2.24, 2.45) is 0 Å². The first-order valence-corrected chi connectivity index (χ1v) is 11.8. The molecule has 168 valence electrons. The molecule has 0 saturated heterocycles. The minimum Gasteiger partial charge on any atom is -0.494 e. The summed E-state index contributed by atoms with van der Waals surface area (Å²) in [5.74, 6) is -0.103. The maximum atomic E-state index is 12.5. The number of Topliss-reactive ketones (excluding diaryl/α,β-unsaturated/α-hetero) is 1. The summed E-state index contributed by atoms with van der Waals surface area (Å²) in [6, 6.07) is 13.1. The van der Waals surface area contributed by atoms with Crippen LogP contribution in [0.3, 0.4) is 0 Å². The maximum absolute atomic E-state index is 12.5. The molecule has 2 aromatic carbocycles. The minimum atomic E-state index is -3.50. The molecule has 0 atom stereocenters. The number of sulfonamides is 1. The summed E-state index contributed by atoms with van der Waals surface area (Å²) in [6.07, 6.45) is 0.486. The minimum absolute atomic E-state index is 0.0959. The second-order valence-corrected chi connectivity index (χ2v) is 8.71. The molecule has 0 spiro atoms. The third-order valence-electron chi connectivity index (χ3n) is 4.74. The number of ether oxygens (including phenoxy) is 2. The monoisotopic (exact) mass is 447 g/mol. The number of rotatable bonds is 12. The molecule has 0 fully saturated rings. The van der Waals surface area contributed by atoms with Gasteiger partial charge < -0.3 is 9.47 Å². The molecule has 0 bridgehead atoms. The van der Waals surface area contributed by atoms with Crippen molar-refractivity contribution in [3.8, 4) is 5.75 Å². The van der Waals surface area contributed by atoms with Gasteiger partial charge in [-0.3, -0.25) is 9.59 Å². The van der Waals surface area contributed by atoms with Gasteiger partial charge in [0.1, 0.15) is 5.75 Å². The number of carbonyl (C=O) groups excluding carboxylic acids is 2. The third kappa shape index (κ3) is 6.90. The fourth-order valence-electron chi connectivity index (χ4n) is 2.99. The number of benzene rings is 2. The summed E-state index contributed by atoms with van der Waals surface area (Å²) in [7, 11) is -3.50. The highest BCUT2D eigenvalue weighted by Gasteiger charge is 2.21. The molecule has 0 saturated carbocycles. The Morgan fingerprint density at radius 1 is 0.903 bits per heavy atom. The summed E-state index contributed by atoms with van der Waals surface area (Å²) < 4.78 is 36.8. The number of carbonyl (C=O) groups is 2. The molecule has 0 heterocycles. The van der Waals surface area contributed by atoms with Crippen LogP contribution in [-0.4, -0.2) is 50.8 Å². The van der Waals surface area contributed by atoms with Crippen LogP contribution < -0.4 is 4.74 Å². The van der Waals surface area contributed by atoms with Crippen LogP contribution in [-0.2, 0) is 26.0 Å². The number of nitrogens with zero attached hydrogens (tertiary/aromatic N) is 1. The summed E-state index contributed by atoms with van der Waals surface area (Å²) >= 11 is 0. The van der Waals surface area contributed by atoms with Crippen molar-refractivity contribution in [2.45, 2.75) is 38.5 Å². The van der Waals surface area contributed by atoms with Crippen molar-refractivity contribution in [3.05, 3.63) is 59.7 Å². The van der Waals surface area contributed by atoms with E-state index in [0.29, 0.717) is 37.4 Å². The maximum Gasteiger partial charge on any atom is 0.306 e. The first-order valence-electron chi connectivity index (χ1n) is 10.3. The molecule has 8 heteroatoms. The van der Waals surface area contributed by atoms with E-state index in [9.17, 15) is 18.0 Å². The quantitative estimate of drug-likeness (QED) is 0.366. The average molecular weight is 448 g/mol. The lowest BCUT2D eigenvalue weighted by molar-refractivity contribution is -0.142. The van der Waals surface area contributed by atoms with Crippen LogP contribution >= 0.6 is 0 Å². The van der Waals surface area contributed by atoms with E-state index in [1.807, 2.05) is 6.92 Å². The summed E-state index contributed by atoms with van der Waals surface area (Å²) in [6.45, 7) is 6.49. The fourth-order valence-corrected chi connectivity index (χ4v) is 4.45. The first-order chi connectivity index (χ1) is 14.8. The number of ketones is 1. The Labute approximate surface area is 184 Å². The molecule has 0 aliphatic rings. The van der Waals surface area contributed by atoms with Crippen LogP contribution in [0.1, 0.15) is 43.1 Å². The SMILES string of the molecule is CCOc1ccc(C(=O)COC(=O)CCc2ccc(S(=O)(=O)N(CC)CC)cc2)cc1. The number of hydrogen-bond acceptors (Lipinski definition) is 6. The first kappa shape index (κ1) is 24.6. The molecule has 0 aromatic heterocycles. The molecule has 0 N–H and O–H groups in total. The van der Waals surface area contributed by atoms with Crippen molar-refractivity contribution in [3.63, 3.8) is 0 Å². The zero-order valence-electron chi connectivity index (χ0n) is 18.2. The molecular weight excluding hydrogens is 418 g/mol. The van der Waals surface area contributed by atoms with E-state index < -0.39 is 16.0 Å². The predicted octanol–water partition coefficient (Wildman–Crippen LogP) is 3.47. The summed E-state index contributed by atoms with van der Waals surface area (Å²) in [4.78, 5) is 24.4. The molecule has 31 heavy (non-hydrogen) atoms. The topological polar surface area (TPSA) is 90.0 Å². The third-order valence-corrected chi connectivity index (χ3v) is 6.80. The lowest BCUT2D eigenvalue weighted by Crippen LogP contribution is -2.30. The van der Waals surface area contributed by atoms with Gasteiger partial charge in [-0.1, -0.05) is 26.0 Å². The van der Waals surface area contributed by atoms with Crippen molar-refractivity contribution in [1.82, 2.24) is 4.31 Å². The Kier molecular flexibility index (Phi) is 9.21. The normalized spacial score (nSPS) is 11.4. The Morgan fingerprint density at radius 2 is 1.52 bits per heavy atom. The Morgan fingerprint density at radius 3 is 2.06 bits per heavy atom. The molecule has 0 radical (unpaired) electrons. The average Bonchev–Trinajstić information content (AvgIpc) is 2.77. The second kappa shape index (κ2) is 11.6. The second-order valence-electron chi connectivity index (χ2n) is 6.77. The van der Waals surface area contributed by atoms with Crippen LogP contribution in [0.25, 0.3) is 0 Å². The molecule has 0 amide bonds. The van der Waals surface area contributed by atoms with E-state index in [4.69, 9.17) is 9.47 Å². The van der Waals surface area contributed by atoms with Crippen molar-refractivity contribution >= 4 is 21.8 Å². The van der Waals surface area contributed by atoms with Gasteiger partial charge in [0.15, 0.2) is 12.4 Å². The molecule has 2 aromatic rings. The van der Waals surface area contributed by atoms with E-state index in [1.54, 1.807) is 62.4 Å². The zero-order chi connectivity index (χ0) is 22.9. The van der Waals surface area contributed by atoms with E-state index in [2.05, 4.69) is 0 Å².